The van der Waals surface area contributed by atoms with Crippen molar-refractivity contribution < 1.29 is 9.53 Å². The lowest BCUT2D eigenvalue weighted by molar-refractivity contribution is -0.159. The van der Waals surface area contributed by atoms with Crippen LogP contribution < -0.4 is 4.90 Å². The maximum Gasteiger partial charge on any atom is 0.228 e. The van der Waals surface area contributed by atoms with Gasteiger partial charge in [0.2, 0.25) is 5.91 Å². The average molecular weight is 445 g/mol. The molecule has 0 aromatic heterocycles. The number of amides is 1. The van der Waals surface area contributed by atoms with Gasteiger partial charge >= 0.3 is 0 Å². The van der Waals surface area contributed by atoms with E-state index in [9.17, 15) is 4.79 Å². The van der Waals surface area contributed by atoms with Crippen LogP contribution >= 0.6 is 0 Å². The van der Waals surface area contributed by atoms with Crippen molar-refractivity contribution in [1.82, 2.24) is 4.90 Å². The lowest BCUT2D eigenvalue weighted by Gasteiger charge is -2.62. The lowest BCUT2D eigenvalue weighted by Crippen LogP contribution is -2.59. The molecule has 1 heterocycles. The Morgan fingerprint density at radius 2 is 1.64 bits per heavy atom. The van der Waals surface area contributed by atoms with Gasteiger partial charge in [-0.3, -0.25) is 4.79 Å². The van der Waals surface area contributed by atoms with Crippen molar-refractivity contribution in [2.45, 2.75) is 50.5 Å². The predicted molar refractivity (Wildman–Crippen MR) is 131 cm³/mol. The monoisotopic (exact) mass is 444 g/mol. The number of nitrogens with zero attached hydrogens (tertiary/aromatic N) is 2. The number of rotatable bonds is 5. The van der Waals surface area contributed by atoms with Gasteiger partial charge in [0.1, 0.15) is 0 Å². The highest BCUT2D eigenvalue weighted by Crippen LogP contribution is 2.66. The summed E-state index contributed by atoms with van der Waals surface area (Å²) < 4.78 is 5.56. The summed E-state index contributed by atoms with van der Waals surface area (Å²) in [4.78, 5) is 18.6. The van der Waals surface area contributed by atoms with E-state index in [4.69, 9.17) is 4.74 Å². The SMILES string of the molecule is CN(Cc1ccccc1N1CCOCC1)C(=O)C12C[C@H]3C[C@@H](C1)CC(c1ccccc1)(C3)C2. The molecular formula is C29H36N2O2. The van der Waals surface area contributed by atoms with Crippen molar-refractivity contribution in [2.24, 2.45) is 17.3 Å². The van der Waals surface area contributed by atoms with Crippen molar-refractivity contribution in [1.29, 1.82) is 0 Å². The first-order valence-electron chi connectivity index (χ1n) is 12.8. The summed E-state index contributed by atoms with van der Waals surface area (Å²) in [5, 5.41) is 0. The van der Waals surface area contributed by atoms with E-state index in [0.717, 1.165) is 45.6 Å². The van der Waals surface area contributed by atoms with Crippen LogP contribution in [0.25, 0.3) is 0 Å². The van der Waals surface area contributed by atoms with E-state index < -0.39 is 0 Å². The summed E-state index contributed by atoms with van der Waals surface area (Å²) in [6, 6.07) is 19.7. The second-order valence-corrected chi connectivity index (χ2v) is 11.3. The van der Waals surface area contributed by atoms with Gasteiger partial charge in [-0.05, 0) is 73.0 Å². The van der Waals surface area contributed by atoms with Crippen molar-refractivity contribution >= 4 is 11.6 Å². The van der Waals surface area contributed by atoms with E-state index >= 15 is 0 Å². The maximum absolute atomic E-state index is 14.2. The molecule has 33 heavy (non-hydrogen) atoms. The third-order valence-electron chi connectivity index (χ3n) is 9.00. The van der Waals surface area contributed by atoms with Gasteiger partial charge in [0.15, 0.2) is 0 Å². The molecule has 0 N–H and O–H groups in total. The molecular weight excluding hydrogens is 408 g/mol. The minimum atomic E-state index is -0.178. The molecule has 4 heteroatoms. The van der Waals surface area contributed by atoms with Crippen LogP contribution in [-0.4, -0.2) is 44.2 Å². The van der Waals surface area contributed by atoms with Crippen LogP contribution in [0.1, 0.15) is 49.7 Å². The first-order chi connectivity index (χ1) is 16.1. The first-order valence-corrected chi connectivity index (χ1v) is 12.8. The fourth-order valence-electron chi connectivity index (χ4n) is 8.13. The van der Waals surface area contributed by atoms with Crippen molar-refractivity contribution in [2.75, 3.05) is 38.3 Å². The van der Waals surface area contributed by atoms with Gasteiger partial charge in [-0.2, -0.15) is 0 Å². The molecule has 7 rings (SSSR count). The molecule has 5 aliphatic rings. The molecule has 4 aliphatic carbocycles. The fraction of sp³-hybridized carbons (Fsp3) is 0.552. The molecule has 4 bridgehead atoms. The Bertz CT molecular complexity index is 999. The van der Waals surface area contributed by atoms with Gasteiger partial charge < -0.3 is 14.5 Å². The fourth-order valence-corrected chi connectivity index (χ4v) is 8.13. The number of morpholine rings is 1. The second kappa shape index (κ2) is 8.16. The Balaban J connectivity index is 1.26. The lowest BCUT2D eigenvalue weighted by atomic mass is 9.42. The minimum absolute atomic E-state index is 0.178. The predicted octanol–water partition coefficient (Wildman–Crippen LogP) is 5.02. The first kappa shape index (κ1) is 21.2. The van der Waals surface area contributed by atoms with Gasteiger partial charge in [-0.25, -0.2) is 0 Å². The van der Waals surface area contributed by atoms with Crippen molar-refractivity contribution in [3.05, 3.63) is 65.7 Å². The Morgan fingerprint density at radius 3 is 2.36 bits per heavy atom. The molecule has 2 aromatic carbocycles. The Hall–Kier alpha value is -2.33. The van der Waals surface area contributed by atoms with Crippen LogP contribution in [-0.2, 0) is 21.5 Å². The Morgan fingerprint density at radius 1 is 0.970 bits per heavy atom. The van der Waals surface area contributed by atoms with E-state index in [1.165, 1.54) is 36.1 Å². The summed E-state index contributed by atoms with van der Waals surface area (Å²) in [7, 11) is 2.03. The zero-order chi connectivity index (χ0) is 22.5. The minimum Gasteiger partial charge on any atom is -0.378 e. The topological polar surface area (TPSA) is 32.8 Å². The van der Waals surface area contributed by atoms with Crippen LogP contribution in [0.15, 0.2) is 54.6 Å². The zero-order valence-electron chi connectivity index (χ0n) is 19.8. The van der Waals surface area contributed by atoms with Crippen LogP contribution in [0.2, 0.25) is 0 Å². The third kappa shape index (κ3) is 3.67. The molecule has 1 aliphatic heterocycles. The molecule has 1 saturated heterocycles. The molecule has 2 aromatic rings. The summed E-state index contributed by atoms with van der Waals surface area (Å²) >= 11 is 0. The van der Waals surface area contributed by atoms with Crippen LogP contribution in [0.3, 0.4) is 0 Å². The number of para-hydroxylation sites is 1. The Kier molecular flexibility index (Phi) is 5.25. The smallest absolute Gasteiger partial charge is 0.228 e. The number of hydrogen-bond donors (Lipinski definition) is 0. The Labute approximate surface area is 197 Å². The molecule has 0 spiro atoms. The van der Waals surface area contributed by atoms with E-state index in [2.05, 4.69) is 59.5 Å². The molecule has 4 nitrogen and oxygen atoms in total. The van der Waals surface area contributed by atoms with Gasteiger partial charge in [-0.1, -0.05) is 48.5 Å². The van der Waals surface area contributed by atoms with Crippen LogP contribution in [0.5, 0.6) is 0 Å². The summed E-state index contributed by atoms with van der Waals surface area (Å²) in [5.74, 6) is 1.78. The molecule has 1 amide bonds. The third-order valence-corrected chi connectivity index (χ3v) is 9.00. The number of carbonyl (C=O) groups excluding carboxylic acids is 1. The molecule has 4 atom stereocenters. The van der Waals surface area contributed by atoms with Crippen LogP contribution in [0, 0.1) is 17.3 Å². The number of hydrogen-bond acceptors (Lipinski definition) is 3. The highest BCUT2D eigenvalue weighted by Gasteiger charge is 2.61. The van der Waals surface area contributed by atoms with E-state index in [1.807, 2.05) is 11.9 Å². The molecule has 5 fully saturated rings. The van der Waals surface area contributed by atoms with E-state index in [0.29, 0.717) is 24.3 Å². The van der Waals surface area contributed by atoms with Gasteiger partial charge in [-0.15, -0.1) is 0 Å². The highest BCUT2D eigenvalue weighted by molar-refractivity contribution is 5.83. The molecule has 4 saturated carbocycles. The standard InChI is InChI=1S/C29H36N2O2/c1-30(20-24-7-5-6-10-26(24)31-11-13-33-14-12-31)27(32)29-18-22-15-23(19-29)17-28(16-22,21-29)25-8-3-2-4-9-25/h2-10,22-23H,11-21H2,1H3/t22-,23+,28?,29?. The van der Waals surface area contributed by atoms with Crippen molar-refractivity contribution in [3.8, 4) is 0 Å². The van der Waals surface area contributed by atoms with E-state index in [1.54, 1.807) is 0 Å². The van der Waals surface area contributed by atoms with Gasteiger partial charge in [0.25, 0.3) is 0 Å². The number of carbonyl (C=O) groups is 1. The normalized spacial score (nSPS) is 32.7. The van der Waals surface area contributed by atoms with E-state index in [-0.39, 0.29) is 10.8 Å². The highest BCUT2D eigenvalue weighted by atomic mass is 16.5. The summed E-state index contributed by atoms with van der Waals surface area (Å²) in [5.41, 5.74) is 4.00. The number of ether oxygens (including phenoxy) is 1. The maximum atomic E-state index is 14.2. The largest absolute Gasteiger partial charge is 0.378 e. The zero-order valence-corrected chi connectivity index (χ0v) is 19.8. The van der Waals surface area contributed by atoms with Crippen LogP contribution in [0.4, 0.5) is 5.69 Å². The second-order valence-electron chi connectivity index (χ2n) is 11.3. The molecule has 2 unspecified atom stereocenters. The van der Waals surface area contributed by atoms with Gasteiger partial charge in [0.05, 0.1) is 18.6 Å². The summed E-state index contributed by atoms with van der Waals surface area (Å²) in [6.07, 6.45) is 7.08. The summed E-state index contributed by atoms with van der Waals surface area (Å²) in [6.45, 7) is 4.07. The van der Waals surface area contributed by atoms with Gasteiger partial charge in [0, 0.05) is 32.4 Å². The molecule has 0 radical (unpaired) electrons. The van der Waals surface area contributed by atoms with Crippen molar-refractivity contribution in [3.63, 3.8) is 0 Å². The quantitative estimate of drug-likeness (QED) is 0.649. The number of anilines is 1. The number of benzene rings is 2. The molecule has 174 valence electrons. The average Bonchev–Trinajstić information content (AvgIpc) is 2.84.